The van der Waals surface area contributed by atoms with E-state index in [1.807, 2.05) is 37.3 Å². The zero-order valence-corrected chi connectivity index (χ0v) is 9.85. The van der Waals surface area contributed by atoms with E-state index < -0.39 is 5.97 Å². The van der Waals surface area contributed by atoms with Crippen LogP contribution in [0.1, 0.15) is 18.9 Å². The Hall–Kier alpha value is -2.03. The minimum absolute atomic E-state index is 0.0440. The number of hydrogen-bond donors (Lipinski definition) is 1. The fourth-order valence-corrected chi connectivity index (χ4v) is 1.20. The van der Waals surface area contributed by atoms with Crippen LogP contribution in [-0.2, 0) is 9.53 Å². The van der Waals surface area contributed by atoms with Crippen molar-refractivity contribution < 1.29 is 14.6 Å². The Labute approximate surface area is 101 Å². The van der Waals surface area contributed by atoms with Crippen molar-refractivity contribution in [2.24, 2.45) is 0 Å². The van der Waals surface area contributed by atoms with E-state index in [2.05, 4.69) is 6.58 Å². The van der Waals surface area contributed by atoms with Gasteiger partial charge in [0, 0.05) is 6.42 Å². The fraction of sp³-hybridized carbons (Fsp3) is 0.214. The van der Waals surface area contributed by atoms with Gasteiger partial charge in [-0.25, -0.2) is 4.79 Å². The monoisotopic (exact) mass is 232 g/mol. The van der Waals surface area contributed by atoms with Crippen LogP contribution < -0.4 is 0 Å². The molecular weight excluding hydrogens is 216 g/mol. The van der Waals surface area contributed by atoms with E-state index in [-0.39, 0.29) is 5.76 Å². The highest BCUT2D eigenvalue weighted by atomic mass is 16.5. The Balaban J connectivity index is 2.69. The van der Waals surface area contributed by atoms with Crippen molar-refractivity contribution in [3.05, 3.63) is 53.8 Å². The predicted octanol–water partition coefficient (Wildman–Crippen LogP) is 3.09. The molecule has 3 nitrogen and oxygen atoms in total. The Bertz CT molecular complexity index is 418. The van der Waals surface area contributed by atoms with Crippen molar-refractivity contribution >= 4 is 12.0 Å². The van der Waals surface area contributed by atoms with E-state index in [1.54, 1.807) is 0 Å². The number of rotatable bonds is 6. The molecule has 3 heteroatoms. The van der Waals surface area contributed by atoms with Crippen LogP contribution in [0.5, 0.6) is 0 Å². The summed E-state index contributed by atoms with van der Waals surface area (Å²) in [6.07, 6.45) is 2.17. The highest BCUT2D eigenvalue weighted by molar-refractivity contribution is 5.89. The van der Waals surface area contributed by atoms with Crippen LogP contribution in [0.2, 0.25) is 0 Å². The first kappa shape index (κ1) is 13.0. The highest BCUT2D eigenvalue weighted by Crippen LogP contribution is 2.09. The Morgan fingerprint density at radius 2 is 2.06 bits per heavy atom. The van der Waals surface area contributed by atoms with E-state index >= 15 is 0 Å². The third-order valence-corrected chi connectivity index (χ3v) is 2.09. The van der Waals surface area contributed by atoms with Gasteiger partial charge in [0.05, 0.1) is 6.61 Å². The minimum Gasteiger partial charge on any atom is -0.486 e. The summed E-state index contributed by atoms with van der Waals surface area (Å²) in [5.74, 6) is -1.10. The second-order valence-electron chi connectivity index (χ2n) is 3.78. The number of benzene rings is 1. The Kier molecular flexibility index (Phi) is 5.01. The van der Waals surface area contributed by atoms with E-state index in [9.17, 15) is 4.79 Å². The number of aliphatic carboxylic acids is 1. The molecule has 90 valence electrons. The van der Waals surface area contributed by atoms with Crippen LogP contribution in [0.15, 0.2) is 48.2 Å². The van der Waals surface area contributed by atoms with Crippen LogP contribution in [0, 0.1) is 0 Å². The maximum Gasteiger partial charge on any atom is 0.371 e. The second kappa shape index (κ2) is 6.53. The first-order valence-electron chi connectivity index (χ1n) is 5.37. The molecule has 0 heterocycles. The molecule has 1 aromatic carbocycles. The molecule has 0 radical (unpaired) electrons. The van der Waals surface area contributed by atoms with Gasteiger partial charge in [-0.3, -0.25) is 0 Å². The average Bonchev–Trinajstić information content (AvgIpc) is 2.28. The van der Waals surface area contributed by atoms with Gasteiger partial charge in [-0.1, -0.05) is 35.9 Å². The smallest absolute Gasteiger partial charge is 0.371 e. The van der Waals surface area contributed by atoms with Crippen molar-refractivity contribution in [1.29, 1.82) is 0 Å². The number of hydrogen-bond acceptors (Lipinski definition) is 2. The molecule has 1 aromatic rings. The van der Waals surface area contributed by atoms with Crippen molar-refractivity contribution in [2.45, 2.75) is 13.3 Å². The molecule has 0 aromatic heterocycles. The Morgan fingerprint density at radius 3 is 2.59 bits per heavy atom. The molecule has 0 saturated heterocycles. The van der Waals surface area contributed by atoms with Gasteiger partial charge in [0.25, 0.3) is 0 Å². The lowest BCUT2D eigenvalue weighted by molar-refractivity contribution is -0.136. The molecule has 0 aliphatic carbocycles. The summed E-state index contributed by atoms with van der Waals surface area (Å²) in [7, 11) is 0. The van der Waals surface area contributed by atoms with Gasteiger partial charge in [-0.05, 0) is 18.6 Å². The molecular formula is C14H16O3. The standard InChI is InChI=1S/C14H16O3/c1-11(2)8-9-17-13(14(15)16)10-12-6-4-3-5-7-12/h3-7,10H,1,8-9H2,2H3,(H,15,16). The summed E-state index contributed by atoms with van der Waals surface area (Å²) in [5.41, 5.74) is 1.77. The molecule has 0 atom stereocenters. The molecule has 0 aliphatic rings. The van der Waals surface area contributed by atoms with Crippen molar-refractivity contribution in [1.82, 2.24) is 0 Å². The average molecular weight is 232 g/mol. The van der Waals surface area contributed by atoms with Crippen molar-refractivity contribution in [3.63, 3.8) is 0 Å². The van der Waals surface area contributed by atoms with Crippen LogP contribution in [0.4, 0.5) is 0 Å². The number of carboxylic acid groups (broad SMARTS) is 1. The third kappa shape index (κ3) is 5.02. The van der Waals surface area contributed by atoms with E-state index in [0.29, 0.717) is 13.0 Å². The molecule has 1 N–H and O–H groups in total. The van der Waals surface area contributed by atoms with Crippen molar-refractivity contribution in [3.8, 4) is 0 Å². The van der Waals surface area contributed by atoms with Gasteiger partial charge in [0.2, 0.25) is 5.76 Å². The molecule has 17 heavy (non-hydrogen) atoms. The maximum atomic E-state index is 11.0. The SMILES string of the molecule is C=C(C)CCOC(=Cc1ccccc1)C(=O)O. The van der Waals surface area contributed by atoms with Crippen LogP contribution >= 0.6 is 0 Å². The van der Waals surface area contributed by atoms with Crippen LogP contribution in [0.25, 0.3) is 6.08 Å². The molecule has 0 bridgehead atoms. The third-order valence-electron chi connectivity index (χ3n) is 2.09. The van der Waals surface area contributed by atoms with Gasteiger partial charge < -0.3 is 9.84 Å². The largest absolute Gasteiger partial charge is 0.486 e. The quantitative estimate of drug-likeness (QED) is 0.465. The summed E-state index contributed by atoms with van der Waals surface area (Å²) in [5, 5.41) is 8.98. The fourth-order valence-electron chi connectivity index (χ4n) is 1.20. The van der Waals surface area contributed by atoms with Gasteiger partial charge >= 0.3 is 5.97 Å². The number of ether oxygens (including phenoxy) is 1. The molecule has 1 rings (SSSR count). The lowest BCUT2D eigenvalue weighted by Gasteiger charge is -2.06. The topological polar surface area (TPSA) is 46.5 Å². The summed E-state index contributed by atoms with van der Waals surface area (Å²) >= 11 is 0. The predicted molar refractivity (Wildman–Crippen MR) is 67.4 cm³/mol. The van der Waals surface area contributed by atoms with E-state index in [4.69, 9.17) is 9.84 Å². The zero-order valence-electron chi connectivity index (χ0n) is 9.85. The number of carboxylic acids is 1. The summed E-state index contributed by atoms with van der Waals surface area (Å²) in [6, 6.07) is 9.22. The molecule has 0 saturated carbocycles. The zero-order chi connectivity index (χ0) is 12.7. The minimum atomic E-state index is -1.06. The lowest BCUT2D eigenvalue weighted by atomic mass is 10.2. The van der Waals surface area contributed by atoms with E-state index in [0.717, 1.165) is 11.1 Å². The first-order chi connectivity index (χ1) is 8.09. The summed E-state index contributed by atoms with van der Waals surface area (Å²) in [6.45, 7) is 5.95. The van der Waals surface area contributed by atoms with Crippen molar-refractivity contribution in [2.75, 3.05) is 6.61 Å². The highest BCUT2D eigenvalue weighted by Gasteiger charge is 2.08. The summed E-state index contributed by atoms with van der Waals surface area (Å²) < 4.78 is 5.22. The normalized spacial score (nSPS) is 11.0. The maximum absolute atomic E-state index is 11.0. The Morgan fingerprint density at radius 1 is 1.41 bits per heavy atom. The molecule has 0 spiro atoms. The van der Waals surface area contributed by atoms with Crippen LogP contribution in [0.3, 0.4) is 0 Å². The lowest BCUT2D eigenvalue weighted by Crippen LogP contribution is -2.06. The van der Waals surface area contributed by atoms with Gasteiger partial charge in [-0.15, -0.1) is 6.58 Å². The van der Waals surface area contributed by atoms with Gasteiger partial charge in [0.1, 0.15) is 0 Å². The van der Waals surface area contributed by atoms with E-state index in [1.165, 1.54) is 6.08 Å². The van der Waals surface area contributed by atoms with Crippen LogP contribution in [-0.4, -0.2) is 17.7 Å². The molecule has 0 amide bonds. The van der Waals surface area contributed by atoms with Gasteiger partial charge in [0.15, 0.2) is 0 Å². The van der Waals surface area contributed by atoms with Gasteiger partial charge in [-0.2, -0.15) is 0 Å². The summed E-state index contributed by atoms with van der Waals surface area (Å²) in [4.78, 5) is 11.0. The number of carbonyl (C=O) groups is 1. The molecule has 0 aliphatic heterocycles. The molecule has 0 unspecified atom stereocenters. The second-order valence-corrected chi connectivity index (χ2v) is 3.78. The first-order valence-corrected chi connectivity index (χ1v) is 5.37. The molecule has 0 fully saturated rings.